The molecule has 0 aliphatic heterocycles. The van der Waals surface area contributed by atoms with Crippen LogP contribution in [0.4, 0.5) is 17.1 Å². The Morgan fingerprint density at radius 2 is 1.89 bits per heavy atom. The lowest BCUT2D eigenvalue weighted by molar-refractivity contribution is -0.394. The molecule has 0 radical (unpaired) electrons. The molecule has 0 saturated carbocycles. The van der Waals surface area contributed by atoms with Crippen LogP contribution >= 0.6 is 11.6 Å². The monoisotopic (exact) mass is 292 g/mol. The zero-order chi connectivity index (χ0) is 13.9. The summed E-state index contributed by atoms with van der Waals surface area (Å²) >= 11 is 5.20. The number of amides is 1. The first-order valence-electron chi connectivity index (χ1n) is 4.38. The molecule has 10 nitrogen and oxygen atoms in total. The van der Waals surface area contributed by atoms with Crippen LogP contribution in [-0.4, -0.2) is 26.7 Å². The Bertz CT molecular complexity index is 534. The average Bonchev–Trinajstić information content (AvgIpc) is 2.30. The van der Waals surface area contributed by atoms with Crippen LogP contribution in [0.25, 0.3) is 0 Å². The van der Waals surface area contributed by atoms with E-state index >= 15 is 0 Å². The zero-order valence-corrected chi connectivity index (χ0v) is 10.1. The normalized spacial score (nSPS) is 9.32. The van der Waals surface area contributed by atoms with Gasteiger partial charge in [0.1, 0.15) is 5.88 Å². The Morgan fingerprint density at radius 3 is 2.32 bits per heavy atom. The van der Waals surface area contributed by atoms with E-state index < -0.39 is 44.4 Å². The highest BCUT2D eigenvalue weighted by Crippen LogP contribution is 2.37. The largest absolute Gasteiger partial charge is 0.501 e. The van der Waals surface area contributed by atoms with Gasteiger partial charge < -0.3 is 16.6 Å². The molecule has 0 unspecified atom stereocenters. The van der Waals surface area contributed by atoms with E-state index in [1.807, 2.05) is 5.32 Å². The Balaban J connectivity index is 0.00000324. The van der Waals surface area contributed by atoms with Gasteiger partial charge in [-0.1, -0.05) is 0 Å². The molecule has 0 bridgehead atoms. The van der Waals surface area contributed by atoms with Gasteiger partial charge in [0, 0.05) is 6.07 Å². The Hall–Kier alpha value is -2.46. The number of aromatic hydroxyl groups is 1. The number of halogens is 1. The van der Waals surface area contributed by atoms with Crippen molar-refractivity contribution in [3.8, 4) is 5.75 Å². The van der Waals surface area contributed by atoms with Gasteiger partial charge in [-0.05, 0) is 0 Å². The molecule has 0 aliphatic rings. The van der Waals surface area contributed by atoms with Crippen molar-refractivity contribution >= 4 is 34.6 Å². The van der Waals surface area contributed by atoms with Gasteiger partial charge in [-0.15, -0.1) is 11.6 Å². The van der Waals surface area contributed by atoms with Gasteiger partial charge >= 0.3 is 5.69 Å². The fourth-order valence-electron chi connectivity index (χ4n) is 1.13. The number of nitrogens with zero attached hydrogens (tertiary/aromatic N) is 2. The minimum atomic E-state index is -1.00. The molecule has 11 heteroatoms. The summed E-state index contributed by atoms with van der Waals surface area (Å²) in [5.41, 5.74) is -1.96. The van der Waals surface area contributed by atoms with Crippen LogP contribution in [0.15, 0.2) is 12.1 Å². The number of nitro benzene ring substituents is 2. The van der Waals surface area contributed by atoms with Gasteiger partial charge in [-0.25, -0.2) is 0 Å². The topological polar surface area (TPSA) is 171 Å². The number of carbonyl (C=O) groups is 1. The molecule has 0 fully saturated rings. The number of non-ortho nitro benzene ring substituents is 1. The van der Waals surface area contributed by atoms with Crippen LogP contribution in [0, 0.1) is 20.2 Å². The van der Waals surface area contributed by atoms with Crippen molar-refractivity contribution in [3.05, 3.63) is 32.4 Å². The first-order valence-corrected chi connectivity index (χ1v) is 4.92. The van der Waals surface area contributed by atoms with Gasteiger partial charge in [0.2, 0.25) is 11.7 Å². The fourth-order valence-corrected chi connectivity index (χ4v) is 1.19. The van der Waals surface area contributed by atoms with Gasteiger partial charge in [-0.3, -0.25) is 25.0 Å². The number of benzene rings is 1. The third-order valence-corrected chi connectivity index (χ3v) is 2.12. The molecular weight excluding hydrogens is 284 g/mol. The predicted molar refractivity (Wildman–Crippen MR) is 65.8 cm³/mol. The molecule has 1 amide bonds. The highest BCUT2D eigenvalue weighted by atomic mass is 35.5. The molecule has 1 aromatic rings. The van der Waals surface area contributed by atoms with Crippen LogP contribution in [0.1, 0.15) is 0 Å². The summed E-state index contributed by atoms with van der Waals surface area (Å²) in [5, 5.41) is 32.7. The van der Waals surface area contributed by atoms with Crippen molar-refractivity contribution in [3.63, 3.8) is 0 Å². The minimum Gasteiger partial charge on any atom is -0.501 e. The molecule has 0 atom stereocenters. The molecule has 0 aliphatic carbocycles. The molecule has 1 aromatic carbocycles. The molecule has 104 valence electrons. The zero-order valence-electron chi connectivity index (χ0n) is 9.33. The maximum absolute atomic E-state index is 11.0. The Labute approximate surface area is 110 Å². The second-order valence-corrected chi connectivity index (χ2v) is 3.32. The number of phenolic OH excluding ortho intramolecular Hbond substituents is 1. The van der Waals surface area contributed by atoms with Crippen molar-refractivity contribution in [2.75, 3.05) is 11.2 Å². The summed E-state index contributed by atoms with van der Waals surface area (Å²) in [4.78, 5) is 30.3. The summed E-state index contributed by atoms with van der Waals surface area (Å²) in [6.45, 7) is 0. The standard InChI is InChI=1S/C8H6ClN3O6.H3N/c9-3-7(13)10-5-1-4(11(15)16)2-6(8(5)14)12(17)18;/h1-2,14H,3H2,(H,10,13);1H3. The van der Waals surface area contributed by atoms with Crippen molar-refractivity contribution in [1.29, 1.82) is 0 Å². The predicted octanol–water partition coefficient (Wildman–Crippen LogP) is 1.55. The molecular formula is C8H9ClN4O6. The molecule has 5 N–H and O–H groups in total. The minimum absolute atomic E-state index is 0. The first-order chi connectivity index (χ1) is 8.36. The number of nitro groups is 2. The number of hydrogen-bond donors (Lipinski definition) is 3. The first kappa shape index (κ1) is 16.5. The third-order valence-electron chi connectivity index (χ3n) is 1.88. The van der Waals surface area contributed by atoms with Crippen LogP contribution in [0.5, 0.6) is 5.75 Å². The summed E-state index contributed by atoms with van der Waals surface area (Å²) in [7, 11) is 0. The van der Waals surface area contributed by atoms with Crippen LogP contribution in [0.3, 0.4) is 0 Å². The van der Waals surface area contributed by atoms with E-state index in [2.05, 4.69) is 0 Å². The van der Waals surface area contributed by atoms with Gasteiger partial charge in [0.25, 0.3) is 5.69 Å². The lowest BCUT2D eigenvalue weighted by atomic mass is 10.2. The summed E-state index contributed by atoms with van der Waals surface area (Å²) in [5.74, 6) is -2.10. The summed E-state index contributed by atoms with van der Waals surface area (Å²) < 4.78 is 0. The quantitative estimate of drug-likeness (QED) is 0.327. The SMILES string of the molecule is N.O=C(CCl)Nc1cc([N+](=O)[O-])cc([N+](=O)[O-])c1O. The van der Waals surface area contributed by atoms with Crippen molar-refractivity contribution in [1.82, 2.24) is 6.15 Å². The number of hydrogen-bond acceptors (Lipinski definition) is 7. The highest BCUT2D eigenvalue weighted by Gasteiger charge is 2.24. The van der Waals surface area contributed by atoms with Gasteiger partial charge in [-0.2, -0.15) is 0 Å². The lowest BCUT2D eigenvalue weighted by Gasteiger charge is -2.05. The van der Waals surface area contributed by atoms with Crippen molar-refractivity contribution in [2.45, 2.75) is 0 Å². The van der Waals surface area contributed by atoms with Gasteiger partial charge in [0.05, 0.1) is 21.6 Å². The number of carbonyl (C=O) groups excluding carboxylic acids is 1. The van der Waals surface area contributed by atoms with Crippen molar-refractivity contribution < 1.29 is 19.7 Å². The molecule has 0 aromatic heterocycles. The number of alkyl halides is 1. The van der Waals surface area contributed by atoms with Gasteiger partial charge in [0.15, 0.2) is 0 Å². The average molecular weight is 293 g/mol. The maximum Gasteiger partial charge on any atom is 0.319 e. The van der Waals surface area contributed by atoms with Crippen molar-refractivity contribution in [2.24, 2.45) is 0 Å². The van der Waals surface area contributed by atoms with E-state index in [0.29, 0.717) is 6.07 Å². The maximum atomic E-state index is 11.0. The van der Waals surface area contributed by atoms with E-state index in [9.17, 15) is 30.1 Å². The molecule has 0 spiro atoms. The number of nitrogens with one attached hydrogen (secondary N) is 1. The van der Waals surface area contributed by atoms with E-state index in [0.717, 1.165) is 6.07 Å². The number of phenols is 1. The molecule has 0 saturated heterocycles. The fraction of sp³-hybridized carbons (Fsp3) is 0.125. The Morgan fingerprint density at radius 1 is 1.32 bits per heavy atom. The smallest absolute Gasteiger partial charge is 0.319 e. The molecule has 0 heterocycles. The van der Waals surface area contributed by atoms with E-state index in [4.69, 9.17) is 11.6 Å². The summed E-state index contributed by atoms with van der Waals surface area (Å²) in [6, 6.07) is 1.39. The number of rotatable bonds is 4. The van der Waals surface area contributed by atoms with E-state index in [-0.39, 0.29) is 6.15 Å². The third kappa shape index (κ3) is 3.76. The Kier molecular flexibility index (Phi) is 5.63. The lowest BCUT2D eigenvalue weighted by Crippen LogP contribution is -2.13. The number of anilines is 1. The highest BCUT2D eigenvalue weighted by molar-refractivity contribution is 6.29. The van der Waals surface area contributed by atoms with Crippen LogP contribution in [-0.2, 0) is 4.79 Å². The molecule has 1 rings (SSSR count). The second-order valence-electron chi connectivity index (χ2n) is 3.06. The van der Waals surface area contributed by atoms with E-state index in [1.54, 1.807) is 0 Å². The molecule has 19 heavy (non-hydrogen) atoms. The van der Waals surface area contributed by atoms with Crippen LogP contribution < -0.4 is 11.5 Å². The van der Waals surface area contributed by atoms with E-state index in [1.165, 1.54) is 0 Å². The second kappa shape index (κ2) is 6.47. The summed E-state index contributed by atoms with van der Waals surface area (Å²) in [6.07, 6.45) is 0. The van der Waals surface area contributed by atoms with Crippen LogP contribution in [0.2, 0.25) is 0 Å².